The van der Waals surface area contributed by atoms with Crippen molar-refractivity contribution >= 4 is 27.5 Å². The largest absolute Gasteiger partial charge is 0.333 e. The van der Waals surface area contributed by atoms with Crippen molar-refractivity contribution in [2.75, 3.05) is 0 Å². The van der Waals surface area contributed by atoms with Gasteiger partial charge in [-0.1, -0.05) is 23.7 Å². The van der Waals surface area contributed by atoms with E-state index in [1.165, 1.54) is 36.0 Å². The molecule has 0 unspecified atom stereocenters. The van der Waals surface area contributed by atoms with E-state index < -0.39 is 27.6 Å². The maximum Gasteiger partial charge on any atom is 0.285 e. The quantitative estimate of drug-likeness (QED) is 0.715. The first-order valence-electron chi connectivity index (χ1n) is 7.49. The Hall–Kier alpha value is -2.78. The van der Waals surface area contributed by atoms with Crippen molar-refractivity contribution in [1.82, 2.24) is 14.3 Å². The standard InChI is InChI=1S/C17H12ClF2N3O3S/c1-23-9-14(21-16(23)11-8-10(19)6-7-13(11)20)17(24)22-27(25,26)15-5-3-2-4-12(15)18/h2-9H,1H3,(H,22,24). The zero-order chi connectivity index (χ0) is 19.8. The monoisotopic (exact) mass is 411 g/mol. The van der Waals surface area contributed by atoms with Gasteiger partial charge >= 0.3 is 0 Å². The van der Waals surface area contributed by atoms with E-state index in [1.54, 1.807) is 6.07 Å². The van der Waals surface area contributed by atoms with E-state index in [0.717, 1.165) is 18.2 Å². The first kappa shape index (κ1) is 19.0. The molecule has 6 nitrogen and oxygen atoms in total. The van der Waals surface area contributed by atoms with E-state index >= 15 is 0 Å². The number of nitrogens with zero attached hydrogens (tertiary/aromatic N) is 2. The van der Waals surface area contributed by atoms with Gasteiger partial charge in [-0.05, 0) is 30.3 Å². The average molecular weight is 412 g/mol. The Labute approximate surface area is 158 Å². The smallest absolute Gasteiger partial charge is 0.285 e. The lowest BCUT2D eigenvalue weighted by Gasteiger charge is -2.06. The molecule has 10 heteroatoms. The van der Waals surface area contributed by atoms with Crippen LogP contribution in [0.4, 0.5) is 8.78 Å². The average Bonchev–Trinajstić information content (AvgIpc) is 2.99. The fraction of sp³-hybridized carbons (Fsp3) is 0.0588. The number of aromatic nitrogens is 2. The lowest BCUT2D eigenvalue weighted by atomic mass is 10.2. The molecule has 0 aliphatic carbocycles. The number of nitrogens with one attached hydrogen (secondary N) is 1. The number of aryl methyl sites for hydroxylation is 1. The van der Waals surface area contributed by atoms with Crippen molar-refractivity contribution in [1.29, 1.82) is 0 Å². The highest BCUT2D eigenvalue weighted by Crippen LogP contribution is 2.24. The summed E-state index contributed by atoms with van der Waals surface area (Å²) in [6.45, 7) is 0. The van der Waals surface area contributed by atoms with E-state index in [9.17, 15) is 22.0 Å². The van der Waals surface area contributed by atoms with Crippen LogP contribution in [-0.2, 0) is 17.1 Å². The maximum absolute atomic E-state index is 14.0. The molecule has 3 rings (SSSR count). The van der Waals surface area contributed by atoms with Gasteiger partial charge in [0, 0.05) is 13.2 Å². The van der Waals surface area contributed by atoms with Crippen molar-refractivity contribution in [3.8, 4) is 11.4 Å². The summed E-state index contributed by atoms with van der Waals surface area (Å²) in [4.78, 5) is 16.0. The number of hydrogen-bond acceptors (Lipinski definition) is 4. The molecule has 0 radical (unpaired) electrons. The number of halogens is 3. The Morgan fingerprint density at radius 3 is 2.59 bits per heavy atom. The Kier molecular flexibility index (Phi) is 4.99. The highest BCUT2D eigenvalue weighted by molar-refractivity contribution is 7.90. The summed E-state index contributed by atoms with van der Waals surface area (Å²) < 4.78 is 55.2. The van der Waals surface area contributed by atoms with Gasteiger partial charge in [0.1, 0.15) is 28.0 Å². The molecule has 3 aromatic rings. The van der Waals surface area contributed by atoms with Crippen LogP contribution in [0.2, 0.25) is 5.02 Å². The third-order valence-electron chi connectivity index (χ3n) is 3.63. The second kappa shape index (κ2) is 7.09. The van der Waals surface area contributed by atoms with Gasteiger partial charge in [0.2, 0.25) is 0 Å². The highest BCUT2D eigenvalue weighted by atomic mass is 35.5. The zero-order valence-corrected chi connectivity index (χ0v) is 15.4. The Morgan fingerprint density at radius 1 is 1.19 bits per heavy atom. The Bertz CT molecular complexity index is 1150. The molecule has 0 atom stereocenters. The molecule has 0 saturated heterocycles. The summed E-state index contributed by atoms with van der Waals surface area (Å²) in [6, 6.07) is 8.42. The van der Waals surface area contributed by atoms with E-state index in [-0.39, 0.29) is 27.0 Å². The molecule has 0 aliphatic heterocycles. The van der Waals surface area contributed by atoms with Crippen molar-refractivity contribution in [2.24, 2.45) is 7.05 Å². The van der Waals surface area contributed by atoms with E-state index in [1.807, 2.05) is 4.72 Å². The molecule has 0 aliphatic rings. The molecule has 1 N–H and O–H groups in total. The number of amides is 1. The normalized spacial score (nSPS) is 11.4. The second-order valence-electron chi connectivity index (χ2n) is 5.55. The summed E-state index contributed by atoms with van der Waals surface area (Å²) in [5.74, 6) is -2.48. The summed E-state index contributed by atoms with van der Waals surface area (Å²) in [5.41, 5.74) is -0.447. The highest BCUT2D eigenvalue weighted by Gasteiger charge is 2.24. The van der Waals surface area contributed by atoms with Crippen molar-refractivity contribution in [2.45, 2.75) is 4.90 Å². The third kappa shape index (κ3) is 3.83. The lowest BCUT2D eigenvalue weighted by Crippen LogP contribution is -2.31. The van der Waals surface area contributed by atoms with Gasteiger partial charge in [-0.2, -0.15) is 0 Å². The molecule has 1 heterocycles. The van der Waals surface area contributed by atoms with Crippen LogP contribution in [0.5, 0.6) is 0 Å². The number of benzene rings is 2. The molecule has 140 valence electrons. The summed E-state index contributed by atoms with van der Waals surface area (Å²) in [7, 11) is -2.77. The van der Waals surface area contributed by atoms with Crippen LogP contribution in [0.1, 0.15) is 10.5 Å². The predicted molar refractivity (Wildman–Crippen MR) is 94.7 cm³/mol. The van der Waals surface area contributed by atoms with Crippen LogP contribution >= 0.6 is 11.6 Å². The second-order valence-corrected chi connectivity index (χ2v) is 7.61. The van der Waals surface area contributed by atoms with E-state index in [4.69, 9.17) is 11.6 Å². The molecule has 0 bridgehead atoms. The third-order valence-corrected chi connectivity index (χ3v) is 5.46. The topological polar surface area (TPSA) is 81.1 Å². The first-order chi connectivity index (χ1) is 12.7. The number of hydrogen-bond donors (Lipinski definition) is 1. The molecule has 27 heavy (non-hydrogen) atoms. The van der Waals surface area contributed by atoms with Gasteiger partial charge < -0.3 is 4.57 Å². The number of rotatable bonds is 4. The van der Waals surface area contributed by atoms with Gasteiger partial charge in [0.25, 0.3) is 15.9 Å². The van der Waals surface area contributed by atoms with Crippen molar-refractivity contribution in [3.63, 3.8) is 0 Å². The van der Waals surface area contributed by atoms with Gasteiger partial charge in [-0.15, -0.1) is 0 Å². The van der Waals surface area contributed by atoms with Crippen molar-refractivity contribution in [3.05, 3.63) is 71.0 Å². The van der Waals surface area contributed by atoms with Crippen LogP contribution < -0.4 is 4.72 Å². The van der Waals surface area contributed by atoms with Crippen LogP contribution in [0.3, 0.4) is 0 Å². The van der Waals surface area contributed by atoms with Crippen LogP contribution in [0.15, 0.2) is 53.6 Å². The van der Waals surface area contributed by atoms with E-state index in [0.29, 0.717) is 0 Å². The summed E-state index contributed by atoms with van der Waals surface area (Å²) in [6.07, 6.45) is 1.21. The first-order valence-corrected chi connectivity index (χ1v) is 9.35. The Balaban J connectivity index is 1.93. The zero-order valence-electron chi connectivity index (χ0n) is 13.8. The summed E-state index contributed by atoms with van der Waals surface area (Å²) in [5, 5.41) is -0.0543. The minimum atomic E-state index is -4.24. The SMILES string of the molecule is Cn1cc(C(=O)NS(=O)(=O)c2ccccc2Cl)nc1-c1cc(F)ccc1F. The number of imidazole rings is 1. The number of sulfonamides is 1. The van der Waals surface area contributed by atoms with Gasteiger partial charge in [0.15, 0.2) is 0 Å². The van der Waals surface area contributed by atoms with Crippen LogP contribution in [0, 0.1) is 11.6 Å². The van der Waals surface area contributed by atoms with Crippen molar-refractivity contribution < 1.29 is 22.0 Å². The van der Waals surface area contributed by atoms with Gasteiger partial charge in [-0.25, -0.2) is 26.9 Å². The number of carbonyl (C=O) groups excluding carboxylic acids is 1. The van der Waals surface area contributed by atoms with Crippen LogP contribution in [0.25, 0.3) is 11.4 Å². The number of carbonyl (C=O) groups is 1. The lowest BCUT2D eigenvalue weighted by molar-refractivity contribution is 0.0977. The summed E-state index contributed by atoms with van der Waals surface area (Å²) >= 11 is 5.85. The minimum absolute atomic E-state index is 0.0349. The maximum atomic E-state index is 14.0. The predicted octanol–water partition coefficient (Wildman–Crippen LogP) is 3.14. The molecule has 0 saturated carbocycles. The fourth-order valence-electron chi connectivity index (χ4n) is 2.39. The molecular formula is C17H12ClF2N3O3S. The van der Waals surface area contributed by atoms with Crippen LogP contribution in [-0.4, -0.2) is 23.9 Å². The van der Waals surface area contributed by atoms with Gasteiger partial charge in [0.05, 0.1) is 10.6 Å². The molecule has 1 amide bonds. The molecular weight excluding hydrogens is 400 g/mol. The molecule has 0 fully saturated rings. The fourth-order valence-corrected chi connectivity index (χ4v) is 3.87. The molecule has 1 aromatic heterocycles. The van der Waals surface area contributed by atoms with Gasteiger partial charge in [-0.3, -0.25) is 4.79 Å². The van der Waals surface area contributed by atoms with E-state index in [2.05, 4.69) is 4.98 Å². The Morgan fingerprint density at radius 2 is 1.89 bits per heavy atom. The minimum Gasteiger partial charge on any atom is -0.333 e. The molecule has 2 aromatic carbocycles. The molecule has 0 spiro atoms.